The number of para-hydroxylation sites is 1. The number of ether oxygens (including phenoxy) is 1. The van der Waals surface area contributed by atoms with E-state index in [1.54, 1.807) is 23.5 Å². The van der Waals surface area contributed by atoms with Gasteiger partial charge in [0.2, 0.25) is 0 Å². The van der Waals surface area contributed by atoms with Gasteiger partial charge in [-0.1, -0.05) is 23.5 Å². The highest BCUT2D eigenvalue weighted by Gasteiger charge is 2.18. The highest BCUT2D eigenvalue weighted by Crippen LogP contribution is 2.34. The van der Waals surface area contributed by atoms with Crippen LogP contribution in [0.5, 0.6) is 11.8 Å². The fourth-order valence-corrected chi connectivity index (χ4v) is 4.10. The fraction of sp³-hybridized carbons (Fsp3) is 0.130. The Morgan fingerprint density at radius 1 is 0.970 bits per heavy atom. The molecule has 1 fully saturated rings. The Morgan fingerprint density at radius 3 is 2.42 bits per heavy atom. The molecule has 2 aromatic carbocycles. The first kappa shape index (κ1) is 20.8. The average Bonchev–Trinajstić information content (AvgIpc) is 3.25. The van der Waals surface area contributed by atoms with Gasteiger partial charge in [-0.3, -0.25) is 0 Å². The summed E-state index contributed by atoms with van der Waals surface area (Å²) in [6.45, 7) is 2.15. The number of carbonyl (C=O) groups excluding carboxylic acids is 1. The summed E-state index contributed by atoms with van der Waals surface area (Å²) in [7, 11) is 0. The number of urea groups is 1. The molecule has 0 spiro atoms. The van der Waals surface area contributed by atoms with Gasteiger partial charge in [-0.05, 0) is 48.4 Å². The van der Waals surface area contributed by atoms with Crippen molar-refractivity contribution in [3.05, 3.63) is 72.9 Å². The summed E-state index contributed by atoms with van der Waals surface area (Å²) in [5.74, 6) is 0.0647. The zero-order valence-electron chi connectivity index (χ0n) is 17.4. The number of anilines is 3. The van der Waals surface area contributed by atoms with Crippen molar-refractivity contribution in [2.45, 2.75) is 6.42 Å². The van der Waals surface area contributed by atoms with E-state index in [1.165, 1.54) is 30.9 Å². The number of amides is 2. The quantitative estimate of drug-likeness (QED) is 0.399. The summed E-state index contributed by atoms with van der Waals surface area (Å²) in [5, 5.41) is 6.03. The van der Waals surface area contributed by atoms with Gasteiger partial charge in [-0.15, -0.1) is 0 Å². The topological polar surface area (TPSA) is 92.3 Å². The van der Waals surface area contributed by atoms with Crippen molar-refractivity contribution in [2.24, 2.45) is 0 Å². The molecular weight excluding hydrogens is 443 g/mol. The predicted molar refractivity (Wildman–Crippen MR) is 126 cm³/mol. The van der Waals surface area contributed by atoms with Gasteiger partial charge >= 0.3 is 12.0 Å². The minimum Gasteiger partial charge on any atom is -0.424 e. The second-order valence-electron chi connectivity index (χ2n) is 7.29. The van der Waals surface area contributed by atoms with Crippen LogP contribution >= 0.6 is 11.3 Å². The van der Waals surface area contributed by atoms with Gasteiger partial charge in [-0.2, -0.15) is 0 Å². The van der Waals surface area contributed by atoms with Crippen LogP contribution in [0.3, 0.4) is 0 Å². The van der Waals surface area contributed by atoms with E-state index in [0.717, 1.165) is 28.7 Å². The molecule has 2 amide bonds. The lowest BCUT2D eigenvalue weighted by Gasteiger charge is -2.30. The molecule has 1 aliphatic heterocycles. The van der Waals surface area contributed by atoms with Gasteiger partial charge in [0.1, 0.15) is 11.6 Å². The van der Waals surface area contributed by atoms with Crippen LogP contribution in [0.25, 0.3) is 10.4 Å². The number of nitrogens with one attached hydrogen (secondary N) is 2. The standard InChI is InChI=1S/C23H19FN6O2S/c24-18-4-1-2-5-19(18)29-21(31)28-16-12-25-22(26-13-16)32-17-8-6-15(7-9-17)20-14-27-23(33-20)30-10-3-11-30/h1-2,4-9,12-14H,3,10-11H2,(H2,28,29,31). The molecular formula is C23H19FN6O2S. The maximum absolute atomic E-state index is 13.6. The molecule has 0 unspecified atom stereocenters. The number of rotatable bonds is 6. The number of thiazole rings is 1. The van der Waals surface area contributed by atoms with Crippen LogP contribution in [-0.2, 0) is 0 Å². The van der Waals surface area contributed by atoms with E-state index < -0.39 is 11.8 Å². The zero-order valence-corrected chi connectivity index (χ0v) is 18.2. The Hall–Kier alpha value is -4.05. The fourth-order valence-electron chi connectivity index (χ4n) is 3.13. The highest BCUT2D eigenvalue weighted by molar-refractivity contribution is 7.18. The van der Waals surface area contributed by atoms with Gasteiger partial charge in [0.15, 0.2) is 5.13 Å². The zero-order chi connectivity index (χ0) is 22.6. The van der Waals surface area contributed by atoms with Crippen molar-refractivity contribution < 1.29 is 13.9 Å². The maximum atomic E-state index is 13.6. The van der Waals surface area contributed by atoms with Gasteiger partial charge in [0.25, 0.3) is 0 Å². The number of nitrogens with zero attached hydrogens (tertiary/aromatic N) is 4. The minimum absolute atomic E-state index is 0.0782. The van der Waals surface area contributed by atoms with Crippen molar-refractivity contribution in [3.8, 4) is 22.2 Å². The predicted octanol–water partition coefficient (Wildman–Crippen LogP) is 5.39. The van der Waals surface area contributed by atoms with Crippen molar-refractivity contribution in [1.29, 1.82) is 0 Å². The van der Waals surface area contributed by atoms with E-state index in [4.69, 9.17) is 4.74 Å². The molecule has 0 bridgehead atoms. The second-order valence-corrected chi connectivity index (χ2v) is 8.30. The molecule has 1 saturated heterocycles. The Kier molecular flexibility index (Phi) is 5.81. The number of aromatic nitrogens is 3. The molecule has 3 heterocycles. The van der Waals surface area contributed by atoms with Gasteiger partial charge in [-0.25, -0.2) is 24.1 Å². The SMILES string of the molecule is O=C(Nc1cnc(Oc2ccc(-c3cnc(N4CCC4)s3)cc2)nc1)Nc1ccccc1F. The van der Waals surface area contributed by atoms with Crippen molar-refractivity contribution in [3.63, 3.8) is 0 Å². The molecule has 4 aromatic rings. The molecule has 0 atom stereocenters. The summed E-state index contributed by atoms with van der Waals surface area (Å²) >= 11 is 1.68. The summed E-state index contributed by atoms with van der Waals surface area (Å²) in [6, 6.07) is 13.1. The van der Waals surface area contributed by atoms with Crippen LogP contribution in [0.15, 0.2) is 67.1 Å². The Balaban J connectivity index is 1.17. The lowest BCUT2D eigenvalue weighted by atomic mass is 10.2. The van der Waals surface area contributed by atoms with Gasteiger partial charge in [0, 0.05) is 19.3 Å². The smallest absolute Gasteiger partial charge is 0.323 e. The van der Waals surface area contributed by atoms with Crippen LogP contribution in [-0.4, -0.2) is 34.1 Å². The molecule has 0 saturated carbocycles. The van der Waals surface area contributed by atoms with Crippen LogP contribution in [0.4, 0.5) is 25.7 Å². The van der Waals surface area contributed by atoms with Gasteiger partial charge < -0.3 is 20.3 Å². The second kappa shape index (κ2) is 9.21. The van der Waals surface area contributed by atoms with Crippen molar-refractivity contribution in [1.82, 2.24) is 15.0 Å². The summed E-state index contributed by atoms with van der Waals surface area (Å²) in [6.07, 6.45) is 5.94. The normalized spacial score (nSPS) is 12.7. The van der Waals surface area contributed by atoms with Gasteiger partial charge in [0.05, 0.1) is 28.6 Å². The average molecular weight is 463 g/mol. The molecule has 5 rings (SSSR count). The van der Waals surface area contributed by atoms with E-state index in [0.29, 0.717) is 11.4 Å². The maximum Gasteiger partial charge on any atom is 0.323 e. The van der Waals surface area contributed by atoms with Crippen molar-refractivity contribution >= 4 is 33.9 Å². The largest absolute Gasteiger partial charge is 0.424 e. The Morgan fingerprint density at radius 2 is 1.73 bits per heavy atom. The van der Waals surface area contributed by atoms with E-state index in [1.807, 2.05) is 30.5 Å². The third-order valence-corrected chi connectivity index (χ3v) is 6.08. The van der Waals surface area contributed by atoms with E-state index in [-0.39, 0.29) is 11.7 Å². The first-order valence-corrected chi connectivity index (χ1v) is 11.1. The molecule has 8 nitrogen and oxygen atoms in total. The number of carbonyl (C=O) groups is 1. The van der Waals surface area contributed by atoms with Crippen LogP contribution in [0, 0.1) is 5.82 Å². The number of halogens is 1. The first-order valence-electron chi connectivity index (χ1n) is 10.3. The number of hydrogen-bond donors (Lipinski definition) is 2. The van der Waals surface area contributed by atoms with E-state index in [9.17, 15) is 9.18 Å². The molecule has 33 heavy (non-hydrogen) atoms. The minimum atomic E-state index is -0.603. The van der Waals surface area contributed by atoms with E-state index >= 15 is 0 Å². The third-order valence-electron chi connectivity index (χ3n) is 4.98. The summed E-state index contributed by atoms with van der Waals surface area (Å²) < 4.78 is 19.3. The Bertz CT molecular complexity index is 1260. The lowest BCUT2D eigenvalue weighted by Crippen LogP contribution is -2.36. The highest BCUT2D eigenvalue weighted by atomic mass is 32.1. The molecule has 0 aliphatic carbocycles. The lowest BCUT2D eigenvalue weighted by molar-refractivity contribution is 0.262. The molecule has 2 aromatic heterocycles. The first-order chi connectivity index (χ1) is 16.1. The summed E-state index contributed by atoms with van der Waals surface area (Å²) in [5.41, 5.74) is 1.48. The molecule has 166 valence electrons. The Labute approximate surface area is 193 Å². The van der Waals surface area contributed by atoms with Crippen LogP contribution in [0.1, 0.15) is 6.42 Å². The van der Waals surface area contributed by atoms with Crippen LogP contribution in [0.2, 0.25) is 0 Å². The molecule has 2 N–H and O–H groups in total. The van der Waals surface area contributed by atoms with Crippen LogP contribution < -0.4 is 20.3 Å². The summed E-state index contributed by atoms with van der Waals surface area (Å²) in [4.78, 5) is 28.1. The van der Waals surface area contributed by atoms with Crippen molar-refractivity contribution in [2.75, 3.05) is 28.6 Å². The molecule has 0 radical (unpaired) electrons. The monoisotopic (exact) mass is 462 g/mol. The molecule has 1 aliphatic rings. The number of hydrogen-bond acceptors (Lipinski definition) is 7. The molecule has 10 heteroatoms. The number of benzene rings is 2. The third kappa shape index (κ3) is 4.90. The van der Waals surface area contributed by atoms with E-state index in [2.05, 4.69) is 30.5 Å².